The highest BCUT2D eigenvalue weighted by molar-refractivity contribution is 7.17. The molecule has 2 heterocycles. The van der Waals surface area contributed by atoms with Crippen LogP contribution in [0.3, 0.4) is 0 Å². The highest BCUT2D eigenvalue weighted by Gasteiger charge is 2.37. The average Bonchev–Trinajstić information content (AvgIpc) is 3.12. The van der Waals surface area contributed by atoms with Crippen molar-refractivity contribution in [1.82, 2.24) is 4.98 Å². The summed E-state index contributed by atoms with van der Waals surface area (Å²) in [5.41, 5.74) is 0.142. The van der Waals surface area contributed by atoms with Crippen molar-refractivity contribution >= 4 is 27.9 Å². The normalized spacial score (nSPS) is 25.1. The molecule has 2 unspecified atom stereocenters. The molecule has 1 fully saturated rings. The topological polar surface area (TPSA) is 164 Å². The number of nitrogens with one attached hydrogen (secondary N) is 1. The number of aliphatic hydroxyl groups is 3. The van der Waals surface area contributed by atoms with E-state index in [1.807, 2.05) is 0 Å². The lowest BCUT2D eigenvalue weighted by molar-refractivity contribution is -0.384. The zero-order chi connectivity index (χ0) is 19.6. The Balaban J connectivity index is 1.67. The first kappa shape index (κ1) is 19.3. The van der Waals surface area contributed by atoms with Crippen LogP contribution in [0.2, 0.25) is 0 Å². The van der Waals surface area contributed by atoms with Gasteiger partial charge in [-0.15, -0.1) is 0 Å². The van der Waals surface area contributed by atoms with Crippen LogP contribution in [0.4, 0.5) is 10.8 Å². The van der Waals surface area contributed by atoms with Crippen molar-refractivity contribution in [2.24, 2.45) is 0 Å². The first-order valence-electron chi connectivity index (χ1n) is 7.68. The highest BCUT2D eigenvalue weighted by Crippen LogP contribution is 2.25. The Hall–Kier alpha value is -2.48. The maximum atomic E-state index is 12.4. The van der Waals surface area contributed by atoms with Gasteiger partial charge in [-0.1, -0.05) is 11.3 Å². The maximum absolute atomic E-state index is 12.4. The van der Waals surface area contributed by atoms with Crippen LogP contribution in [0.25, 0.3) is 0 Å². The third kappa shape index (κ3) is 4.27. The molecule has 1 aliphatic heterocycles. The van der Waals surface area contributed by atoms with E-state index >= 15 is 0 Å². The third-order valence-electron chi connectivity index (χ3n) is 3.73. The van der Waals surface area contributed by atoms with Gasteiger partial charge in [0.25, 0.3) is 5.69 Å². The van der Waals surface area contributed by atoms with E-state index in [4.69, 9.17) is 14.6 Å². The van der Waals surface area contributed by atoms with Gasteiger partial charge in [-0.2, -0.15) is 0 Å². The van der Waals surface area contributed by atoms with Gasteiger partial charge in [-0.25, -0.2) is 4.98 Å². The Labute approximate surface area is 156 Å². The Kier molecular flexibility index (Phi) is 5.74. The van der Waals surface area contributed by atoms with Gasteiger partial charge in [0.1, 0.15) is 12.2 Å². The molecule has 3 rings (SSSR count). The Morgan fingerprint density at radius 1 is 1.30 bits per heavy atom. The van der Waals surface area contributed by atoms with E-state index in [1.54, 1.807) is 0 Å². The molecule has 1 aromatic carbocycles. The summed E-state index contributed by atoms with van der Waals surface area (Å²) in [6.07, 6.45) is -3.88. The van der Waals surface area contributed by atoms with Crippen LogP contribution in [0.5, 0.6) is 0 Å². The first-order valence-corrected chi connectivity index (χ1v) is 8.50. The number of aromatic nitrogens is 1. The van der Waals surface area contributed by atoms with Crippen LogP contribution in [-0.2, 0) is 9.47 Å². The maximum Gasteiger partial charge on any atom is 0.269 e. The molecule has 12 heteroatoms. The fourth-order valence-electron chi connectivity index (χ4n) is 2.30. The molecule has 0 amide bonds. The highest BCUT2D eigenvalue weighted by atomic mass is 32.1. The van der Waals surface area contributed by atoms with Crippen molar-refractivity contribution in [3.8, 4) is 0 Å². The van der Waals surface area contributed by atoms with Crippen LogP contribution in [0.15, 0.2) is 30.5 Å². The van der Waals surface area contributed by atoms with Gasteiger partial charge in [0, 0.05) is 17.7 Å². The van der Waals surface area contributed by atoms with E-state index in [0.29, 0.717) is 0 Å². The van der Waals surface area contributed by atoms with Crippen molar-refractivity contribution in [2.45, 2.75) is 24.9 Å². The molecule has 27 heavy (non-hydrogen) atoms. The van der Waals surface area contributed by atoms with Gasteiger partial charge >= 0.3 is 0 Å². The summed E-state index contributed by atoms with van der Waals surface area (Å²) in [6, 6.07) is 5.17. The third-order valence-corrected chi connectivity index (χ3v) is 4.65. The summed E-state index contributed by atoms with van der Waals surface area (Å²) < 4.78 is 10.2. The van der Waals surface area contributed by atoms with E-state index < -0.39 is 36.4 Å². The minimum Gasteiger partial charge on any atom is -0.394 e. The number of non-ortho nitro benzene ring substituents is 1. The van der Waals surface area contributed by atoms with E-state index in [2.05, 4.69) is 10.3 Å². The molecule has 144 valence electrons. The number of thiazole rings is 1. The number of nitro benzene ring substituents is 1. The van der Waals surface area contributed by atoms with E-state index in [1.165, 1.54) is 30.5 Å². The van der Waals surface area contributed by atoms with Crippen molar-refractivity contribution in [3.05, 3.63) is 51.0 Å². The number of anilines is 1. The average molecular weight is 397 g/mol. The molecule has 11 nitrogen and oxygen atoms in total. The van der Waals surface area contributed by atoms with Gasteiger partial charge in [-0.05, 0) is 12.1 Å². The number of hydrogen-bond acceptors (Lipinski definition) is 11. The van der Waals surface area contributed by atoms with Gasteiger partial charge in [0.05, 0.1) is 22.6 Å². The number of ether oxygens (including phenoxy) is 2. The fourth-order valence-corrected chi connectivity index (χ4v) is 3.09. The number of hydrogen-bond donors (Lipinski definition) is 4. The summed E-state index contributed by atoms with van der Waals surface area (Å²) in [4.78, 5) is 26.8. The monoisotopic (exact) mass is 397 g/mol. The lowest BCUT2D eigenvalue weighted by Crippen LogP contribution is -2.53. The largest absolute Gasteiger partial charge is 0.394 e. The molecule has 1 aromatic heterocycles. The number of rotatable bonds is 6. The number of carbonyl (C=O) groups excluding carboxylic acids is 1. The molecule has 2 aromatic rings. The zero-order valence-electron chi connectivity index (χ0n) is 13.6. The summed E-state index contributed by atoms with van der Waals surface area (Å²) >= 11 is 0.979. The SMILES string of the molecule is O=C(c1ccc([N+](=O)[O-])cc1)c1cnc(N[C@@H]2OC(O)[C@H](O)C(CO)O2)s1. The van der Waals surface area contributed by atoms with Crippen LogP contribution < -0.4 is 5.32 Å². The summed E-state index contributed by atoms with van der Waals surface area (Å²) in [5, 5.41) is 41.9. The Bertz CT molecular complexity index is 827. The van der Waals surface area contributed by atoms with Crippen LogP contribution in [0.1, 0.15) is 15.2 Å². The smallest absolute Gasteiger partial charge is 0.269 e. The van der Waals surface area contributed by atoms with E-state index in [-0.39, 0.29) is 27.0 Å². The molecule has 1 saturated heterocycles. The Morgan fingerprint density at radius 3 is 2.63 bits per heavy atom. The molecule has 4 atom stereocenters. The molecule has 0 aliphatic carbocycles. The zero-order valence-corrected chi connectivity index (χ0v) is 14.4. The minimum atomic E-state index is -1.56. The molecule has 0 bridgehead atoms. The second-order valence-electron chi connectivity index (χ2n) is 5.51. The van der Waals surface area contributed by atoms with Crippen LogP contribution in [0, 0.1) is 10.1 Å². The van der Waals surface area contributed by atoms with Crippen molar-refractivity contribution in [2.75, 3.05) is 11.9 Å². The lowest BCUT2D eigenvalue weighted by atomic mass is 10.1. The molecule has 1 aliphatic rings. The number of ketones is 1. The van der Waals surface area contributed by atoms with Crippen molar-refractivity contribution in [3.63, 3.8) is 0 Å². The van der Waals surface area contributed by atoms with E-state index in [9.17, 15) is 25.1 Å². The summed E-state index contributed by atoms with van der Waals surface area (Å²) in [5.74, 6) is -0.371. The quantitative estimate of drug-likeness (QED) is 0.298. The number of nitro groups is 1. The fraction of sp³-hybridized carbons (Fsp3) is 0.333. The van der Waals surface area contributed by atoms with Gasteiger partial charge < -0.3 is 30.1 Å². The number of benzene rings is 1. The van der Waals surface area contributed by atoms with Crippen LogP contribution in [-0.4, -0.2) is 62.5 Å². The van der Waals surface area contributed by atoms with Gasteiger partial charge in [0.15, 0.2) is 11.4 Å². The second kappa shape index (κ2) is 8.04. The molecule has 0 radical (unpaired) electrons. The van der Waals surface area contributed by atoms with Gasteiger partial charge in [-0.3, -0.25) is 14.9 Å². The molecule has 0 spiro atoms. The summed E-state index contributed by atoms with van der Waals surface area (Å²) in [7, 11) is 0. The minimum absolute atomic E-state index is 0.121. The molecular weight excluding hydrogens is 382 g/mol. The van der Waals surface area contributed by atoms with Crippen LogP contribution >= 0.6 is 11.3 Å². The standard InChI is InChI=1S/C15H15N3O8S/c19-6-9-12(21)13(22)26-15(25-9)17-14-16-5-10(27-14)11(20)7-1-3-8(4-2-7)18(23)24/h1-5,9,12-13,15,19,21-22H,6H2,(H,16,17)/t9?,12-,13?,15+/m1/s1. The molecule has 0 saturated carbocycles. The first-order chi connectivity index (χ1) is 12.9. The predicted molar refractivity (Wildman–Crippen MR) is 91.1 cm³/mol. The number of carbonyl (C=O) groups is 1. The molecule has 4 N–H and O–H groups in total. The molecular formula is C15H15N3O8S. The summed E-state index contributed by atoms with van der Waals surface area (Å²) in [6.45, 7) is -0.526. The second-order valence-corrected chi connectivity index (χ2v) is 6.54. The van der Waals surface area contributed by atoms with E-state index in [0.717, 1.165) is 11.3 Å². The van der Waals surface area contributed by atoms with Gasteiger partial charge in [0.2, 0.25) is 12.2 Å². The lowest BCUT2D eigenvalue weighted by Gasteiger charge is -2.36. The number of nitrogens with zero attached hydrogens (tertiary/aromatic N) is 2. The van der Waals surface area contributed by atoms with Crippen molar-refractivity contribution in [1.29, 1.82) is 0 Å². The predicted octanol–water partition coefficient (Wildman–Crippen LogP) is 0.0648. The van der Waals surface area contributed by atoms with Crippen molar-refractivity contribution < 1.29 is 34.5 Å². The Morgan fingerprint density at radius 2 is 2.00 bits per heavy atom. The number of aliphatic hydroxyl groups excluding tert-OH is 3.